The molecule has 0 atom stereocenters. The summed E-state index contributed by atoms with van der Waals surface area (Å²) < 4.78 is 56.6. The van der Waals surface area contributed by atoms with Crippen LogP contribution in [0.1, 0.15) is 21.5 Å². The zero-order valence-electron chi connectivity index (χ0n) is 21.2. The van der Waals surface area contributed by atoms with Gasteiger partial charge in [-0.1, -0.05) is 18.2 Å². The summed E-state index contributed by atoms with van der Waals surface area (Å²) in [5, 5.41) is 7.19. The zero-order valence-corrected chi connectivity index (χ0v) is 21.2. The highest BCUT2D eigenvalue weighted by Gasteiger charge is 2.30. The second kappa shape index (κ2) is 11.4. The molecule has 1 N–H and O–H groups in total. The molecule has 0 saturated carbocycles. The van der Waals surface area contributed by atoms with Crippen LogP contribution in [-0.2, 0) is 12.6 Å². The maximum atomic E-state index is 12.8. The molecule has 8 nitrogen and oxygen atoms in total. The number of hydrogen-bond donors (Lipinski definition) is 1. The van der Waals surface area contributed by atoms with Gasteiger partial charge in [-0.05, 0) is 72.3 Å². The van der Waals surface area contributed by atoms with E-state index >= 15 is 0 Å². The van der Waals surface area contributed by atoms with Crippen LogP contribution in [0.3, 0.4) is 0 Å². The molecular weight excluding hydrogens is 525 g/mol. The van der Waals surface area contributed by atoms with E-state index in [0.717, 1.165) is 35.6 Å². The minimum absolute atomic E-state index is 0.0861. The van der Waals surface area contributed by atoms with Gasteiger partial charge in [-0.3, -0.25) is 4.79 Å². The molecule has 3 aromatic carbocycles. The topological polar surface area (TPSA) is 91.4 Å². The summed E-state index contributed by atoms with van der Waals surface area (Å²) in [6, 6.07) is 22.0. The number of anilines is 1. The molecule has 2 aromatic heterocycles. The average molecular weight is 549 g/mol. The van der Waals surface area contributed by atoms with Crippen LogP contribution < -0.4 is 14.8 Å². The number of nitrogens with one attached hydrogen (secondary N) is 1. The number of carbonyl (C=O) groups excluding carboxylic acids is 1. The molecule has 5 rings (SSSR count). The van der Waals surface area contributed by atoms with Gasteiger partial charge < -0.3 is 19.2 Å². The van der Waals surface area contributed by atoms with Crippen LogP contribution in [0.15, 0.2) is 95.6 Å². The van der Waals surface area contributed by atoms with Gasteiger partial charge in [0.2, 0.25) is 5.82 Å². The van der Waals surface area contributed by atoms with E-state index in [2.05, 4.69) is 15.4 Å². The van der Waals surface area contributed by atoms with Crippen LogP contribution in [0.5, 0.6) is 11.8 Å². The Morgan fingerprint density at radius 3 is 2.45 bits per heavy atom. The molecule has 0 aliphatic carbocycles. The van der Waals surface area contributed by atoms with Crippen LogP contribution in [0.2, 0.25) is 0 Å². The SMILES string of the molecule is COc1ccc(CCOc2nc(-c3ccco3)n(-c3cccc(NC(=O)c4ccc(C(F)(F)F)cc4)c3)n2)cc1. The summed E-state index contributed by atoms with van der Waals surface area (Å²) >= 11 is 0. The molecule has 5 aromatic rings. The van der Waals surface area contributed by atoms with Crippen molar-refractivity contribution < 1.29 is 31.9 Å². The lowest BCUT2D eigenvalue weighted by molar-refractivity contribution is -0.137. The summed E-state index contributed by atoms with van der Waals surface area (Å²) in [5.41, 5.74) is 1.27. The highest BCUT2D eigenvalue weighted by atomic mass is 19.4. The fourth-order valence-corrected chi connectivity index (χ4v) is 3.88. The third-order valence-electron chi connectivity index (χ3n) is 5.93. The van der Waals surface area contributed by atoms with Crippen molar-refractivity contribution in [3.8, 4) is 29.0 Å². The van der Waals surface area contributed by atoms with E-state index in [4.69, 9.17) is 13.9 Å². The number of rotatable bonds is 9. The predicted molar refractivity (Wildman–Crippen MR) is 141 cm³/mol. The van der Waals surface area contributed by atoms with Crippen LogP contribution in [0.4, 0.5) is 18.9 Å². The van der Waals surface area contributed by atoms with Crippen molar-refractivity contribution in [2.75, 3.05) is 19.0 Å². The van der Waals surface area contributed by atoms with Gasteiger partial charge in [0, 0.05) is 17.7 Å². The van der Waals surface area contributed by atoms with Crippen molar-refractivity contribution in [2.24, 2.45) is 0 Å². The van der Waals surface area contributed by atoms with Gasteiger partial charge in [0.05, 0.1) is 31.2 Å². The van der Waals surface area contributed by atoms with Crippen molar-refractivity contribution in [3.05, 3.63) is 108 Å². The van der Waals surface area contributed by atoms with Gasteiger partial charge >= 0.3 is 12.2 Å². The first-order valence-electron chi connectivity index (χ1n) is 12.2. The molecule has 0 aliphatic rings. The molecular formula is C29H23F3N4O4. The van der Waals surface area contributed by atoms with Gasteiger partial charge in [-0.2, -0.15) is 18.2 Å². The zero-order chi connectivity index (χ0) is 28.1. The summed E-state index contributed by atoms with van der Waals surface area (Å²) in [7, 11) is 1.61. The van der Waals surface area contributed by atoms with E-state index in [0.29, 0.717) is 36.0 Å². The molecule has 1 amide bonds. The third-order valence-corrected chi connectivity index (χ3v) is 5.93. The number of amides is 1. The number of hydrogen-bond acceptors (Lipinski definition) is 6. The lowest BCUT2D eigenvalue weighted by Gasteiger charge is -2.10. The van der Waals surface area contributed by atoms with Crippen LogP contribution in [-0.4, -0.2) is 34.4 Å². The Bertz CT molecular complexity index is 1580. The smallest absolute Gasteiger partial charge is 0.416 e. The molecule has 40 heavy (non-hydrogen) atoms. The summed E-state index contributed by atoms with van der Waals surface area (Å²) in [6.45, 7) is 0.331. The number of ether oxygens (including phenoxy) is 2. The molecule has 0 radical (unpaired) electrons. The first-order valence-corrected chi connectivity index (χ1v) is 12.2. The molecule has 0 saturated heterocycles. The molecule has 2 heterocycles. The van der Waals surface area contributed by atoms with Gasteiger partial charge in [0.15, 0.2) is 5.76 Å². The van der Waals surface area contributed by atoms with E-state index in [1.807, 2.05) is 24.3 Å². The summed E-state index contributed by atoms with van der Waals surface area (Å²) in [4.78, 5) is 17.2. The quantitative estimate of drug-likeness (QED) is 0.228. The standard InChI is InChI=1S/C29H23F3N4O4/c1-38-24-13-7-19(8-14-24)15-17-40-28-34-26(25-6-3-16-39-25)36(35-28)23-5-2-4-22(18-23)33-27(37)20-9-11-21(12-10-20)29(30,31)32/h2-14,16,18H,15,17H2,1H3,(H,33,37). The van der Waals surface area contributed by atoms with E-state index in [1.165, 1.54) is 10.9 Å². The normalized spacial score (nSPS) is 11.3. The molecule has 204 valence electrons. The van der Waals surface area contributed by atoms with Crippen molar-refractivity contribution in [2.45, 2.75) is 12.6 Å². The van der Waals surface area contributed by atoms with Gasteiger partial charge in [-0.25, -0.2) is 4.68 Å². The van der Waals surface area contributed by atoms with Gasteiger partial charge in [-0.15, -0.1) is 5.10 Å². The minimum Gasteiger partial charge on any atom is -0.497 e. The Morgan fingerprint density at radius 1 is 1.00 bits per heavy atom. The van der Waals surface area contributed by atoms with Crippen molar-refractivity contribution in [1.29, 1.82) is 0 Å². The first kappa shape index (κ1) is 26.5. The molecule has 11 heteroatoms. The Labute approximate surface area is 227 Å². The number of carbonyl (C=O) groups is 1. The lowest BCUT2D eigenvalue weighted by atomic mass is 10.1. The monoisotopic (exact) mass is 548 g/mol. The highest BCUT2D eigenvalue weighted by Crippen LogP contribution is 2.29. The Morgan fingerprint density at radius 2 is 1.77 bits per heavy atom. The number of benzene rings is 3. The second-order valence-electron chi connectivity index (χ2n) is 8.63. The molecule has 0 unspecified atom stereocenters. The molecule has 0 spiro atoms. The number of nitrogens with zero attached hydrogens (tertiary/aromatic N) is 3. The van der Waals surface area contributed by atoms with Crippen molar-refractivity contribution in [1.82, 2.24) is 14.8 Å². The van der Waals surface area contributed by atoms with Gasteiger partial charge in [0.25, 0.3) is 5.91 Å². The number of furan rings is 1. The number of methoxy groups -OCH3 is 1. The Kier molecular flexibility index (Phi) is 7.54. The Balaban J connectivity index is 1.33. The fraction of sp³-hybridized carbons (Fsp3) is 0.138. The van der Waals surface area contributed by atoms with Crippen LogP contribution in [0.25, 0.3) is 17.3 Å². The van der Waals surface area contributed by atoms with E-state index in [1.54, 1.807) is 43.5 Å². The second-order valence-corrected chi connectivity index (χ2v) is 8.63. The van der Waals surface area contributed by atoms with E-state index in [-0.39, 0.29) is 11.6 Å². The summed E-state index contributed by atoms with van der Waals surface area (Å²) in [5.74, 6) is 1.05. The molecule has 0 fully saturated rings. The maximum Gasteiger partial charge on any atom is 0.416 e. The van der Waals surface area contributed by atoms with E-state index in [9.17, 15) is 18.0 Å². The molecule has 0 bridgehead atoms. The largest absolute Gasteiger partial charge is 0.497 e. The van der Waals surface area contributed by atoms with Crippen molar-refractivity contribution >= 4 is 11.6 Å². The lowest BCUT2D eigenvalue weighted by Crippen LogP contribution is -2.13. The minimum atomic E-state index is -4.48. The highest BCUT2D eigenvalue weighted by molar-refractivity contribution is 6.04. The van der Waals surface area contributed by atoms with E-state index < -0.39 is 17.6 Å². The van der Waals surface area contributed by atoms with Crippen LogP contribution in [0, 0.1) is 0 Å². The van der Waals surface area contributed by atoms with Crippen LogP contribution >= 0.6 is 0 Å². The average Bonchev–Trinajstić information content (AvgIpc) is 3.64. The number of aromatic nitrogens is 3. The fourth-order valence-electron chi connectivity index (χ4n) is 3.88. The summed E-state index contributed by atoms with van der Waals surface area (Å²) in [6.07, 6.45) is -2.34. The Hall–Kier alpha value is -5.06. The predicted octanol–water partition coefficient (Wildman–Crippen LogP) is 6.43. The first-order chi connectivity index (χ1) is 19.3. The van der Waals surface area contributed by atoms with Crippen molar-refractivity contribution in [3.63, 3.8) is 0 Å². The maximum absolute atomic E-state index is 12.8. The molecule has 0 aliphatic heterocycles. The number of halogens is 3. The number of alkyl halides is 3. The third kappa shape index (κ3) is 6.15. The van der Waals surface area contributed by atoms with Gasteiger partial charge in [0.1, 0.15) is 5.75 Å².